The summed E-state index contributed by atoms with van der Waals surface area (Å²) in [7, 11) is 0. The number of piperidine rings is 1. The van der Waals surface area contributed by atoms with E-state index in [1.165, 1.54) is 4.90 Å². The molecule has 2 aromatic rings. The number of amides is 3. The van der Waals surface area contributed by atoms with E-state index in [-0.39, 0.29) is 36.2 Å². The van der Waals surface area contributed by atoms with Crippen LogP contribution < -0.4 is 5.73 Å². The van der Waals surface area contributed by atoms with Gasteiger partial charge in [-0.2, -0.15) is 0 Å². The predicted octanol–water partition coefficient (Wildman–Crippen LogP) is 2.90. The highest BCUT2D eigenvalue weighted by atomic mass is 35.5. The highest BCUT2D eigenvalue weighted by Gasteiger charge is 2.36. The number of rotatable bonds is 5. The zero-order valence-electron chi connectivity index (χ0n) is 16.8. The number of imide groups is 1. The smallest absolute Gasteiger partial charge is 0.261 e. The Kier molecular flexibility index (Phi) is 6.90. The number of hydrogen-bond donors (Lipinski definition) is 1. The van der Waals surface area contributed by atoms with E-state index in [1.54, 1.807) is 23.1 Å². The fourth-order valence-electron chi connectivity index (χ4n) is 4.19. The molecule has 1 saturated heterocycles. The lowest BCUT2D eigenvalue weighted by molar-refractivity contribution is 0.0622. The van der Waals surface area contributed by atoms with E-state index in [2.05, 4.69) is 0 Å². The standard InChI is InChI=1S/C23H25N3O3.ClH/c24-15-18-8-4-5-12-25(18)21(27)17-9-10-19-20(14-17)23(29)26(22(19)28)13-11-16-6-2-1-3-7-16;/h1-3,6-7,9-10,14,18H,4-5,8,11-13,15,24H2;1H. The van der Waals surface area contributed by atoms with Crippen LogP contribution in [0.15, 0.2) is 48.5 Å². The van der Waals surface area contributed by atoms with Crippen LogP contribution in [0.2, 0.25) is 0 Å². The van der Waals surface area contributed by atoms with Gasteiger partial charge < -0.3 is 10.6 Å². The second-order valence-corrected chi connectivity index (χ2v) is 7.64. The molecule has 158 valence electrons. The van der Waals surface area contributed by atoms with Crippen LogP contribution >= 0.6 is 12.4 Å². The van der Waals surface area contributed by atoms with Gasteiger partial charge in [0.1, 0.15) is 0 Å². The first kappa shape index (κ1) is 22.0. The van der Waals surface area contributed by atoms with Gasteiger partial charge in [-0.25, -0.2) is 0 Å². The van der Waals surface area contributed by atoms with Crippen molar-refractivity contribution in [1.82, 2.24) is 9.80 Å². The first-order chi connectivity index (χ1) is 14.1. The Bertz CT molecular complexity index is 948. The van der Waals surface area contributed by atoms with Crippen LogP contribution in [0, 0.1) is 0 Å². The van der Waals surface area contributed by atoms with Gasteiger partial charge in [0.15, 0.2) is 0 Å². The monoisotopic (exact) mass is 427 g/mol. The van der Waals surface area contributed by atoms with Crippen LogP contribution in [0.5, 0.6) is 0 Å². The number of halogens is 1. The molecule has 0 aliphatic carbocycles. The van der Waals surface area contributed by atoms with Crippen LogP contribution in [0.3, 0.4) is 0 Å². The van der Waals surface area contributed by atoms with Crippen molar-refractivity contribution in [2.75, 3.05) is 19.6 Å². The van der Waals surface area contributed by atoms with Crippen molar-refractivity contribution in [2.45, 2.75) is 31.7 Å². The number of carbonyl (C=O) groups excluding carboxylic acids is 3. The minimum atomic E-state index is -0.329. The molecule has 0 radical (unpaired) electrons. The molecule has 7 heteroatoms. The summed E-state index contributed by atoms with van der Waals surface area (Å²) in [5.41, 5.74) is 8.03. The molecule has 0 spiro atoms. The fourth-order valence-corrected chi connectivity index (χ4v) is 4.19. The summed E-state index contributed by atoms with van der Waals surface area (Å²) in [5.74, 6) is -0.742. The number of carbonyl (C=O) groups is 3. The van der Waals surface area contributed by atoms with Crippen molar-refractivity contribution in [3.63, 3.8) is 0 Å². The highest BCUT2D eigenvalue weighted by molar-refractivity contribution is 6.22. The number of hydrogen-bond acceptors (Lipinski definition) is 4. The Morgan fingerprint density at radius 1 is 1.00 bits per heavy atom. The zero-order chi connectivity index (χ0) is 20.4. The molecule has 0 aromatic heterocycles. The third-order valence-corrected chi connectivity index (χ3v) is 5.84. The van der Waals surface area contributed by atoms with Gasteiger partial charge in [0.2, 0.25) is 0 Å². The maximum atomic E-state index is 13.0. The van der Waals surface area contributed by atoms with Crippen LogP contribution in [0.4, 0.5) is 0 Å². The Morgan fingerprint density at radius 2 is 1.73 bits per heavy atom. The molecule has 2 N–H and O–H groups in total. The Hall–Kier alpha value is -2.70. The van der Waals surface area contributed by atoms with Gasteiger partial charge in [0.25, 0.3) is 17.7 Å². The van der Waals surface area contributed by atoms with E-state index < -0.39 is 0 Å². The van der Waals surface area contributed by atoms with Gasteiger partial charge >= 0.3 is 0 Å². The molecule has 1 fully saturated rings. The molecular formula is C23H26ClN3O3. The van der Waals surface area contributed by atoms with Crippen LogP contribution in [0.25, 0.3) is 0 Å². The van der Waals surface area contributed by atoms with Crippen LogP contribution in [0.1, 0.15) is 55.9 Å². The van der Waals surface area contributed by atoms with Gasteiger partial charge in [-0.15, -0.1) is 12.4 Å². The third-order valence-electron chi connectivity index (χ3n) is 5.84. The Balaban J connectivity index is 0.00000256. The number of likely N-dealkylation sites (tertiary alicyclic amines) is 1. The average molecular weight is 428 g/mol. The Labute approximate surface area is 182 Å². The molecule has 0 bridgehead atoms. The van der Waals surface area contributed by atoms with E-state index in [9.17, 15) is 14.4 Å². The number of benzene rings is 2. The van der Waals surface area contributed by atoms with Gasteiger partial charge in [-0.05, 0) is 49.4 Å². The van der Waals surface area contributed by atoms with Crippen molar-refractivity contribution in [2.24, 2.45) is 5.73 Å². The normalized spacial score (nSPS) is 18.2. The van der Waals surface area contributed by atoms with E-state index in [0.717, 1.165) is 24.8 Å². The predicted molar refractivity (Wildman–Crippen MR) is 117 cm³/mol. The quantitative estimate of drug-likeness (QED) is 0.743. The molecule has 2 aliphatic heterocycles. The second-order valence-electron chi connectivity index (χ2n) is 7.64. The lowest BCUT2D eigenvalue weighted by Crippen LogP contribution is -2.47. The molecule has 2 aromatic carbocycles. The fraction of sp³-hybridized carbons (Fsp3) is 0.348. The number of nitrogens with two attached hydrogens (primary N) is 1. The van der Waals surface area contributed by atoms with Gasteiger partial charge in [0, 0.05) is 31.2 Å². The molecule has 1 unspecified atom stereocenters. The summed E-state index contributed by atoms with van der Waals surface area (Å²) in [6.45, 7) is 1.43. The van der Waals surface area contributed by atoms with Crippen molar-refractivity contribution in [3.8, 4) is 0 Å². The van der Waals surface area contributed by atoms with E-state index in [4.69, 9.17) is 5.73 Å². The summed E-state index contributed by atoms with van der Waals surface area (Å²) in [5, 5.41) is 0. The lowest BCUT2D eigenvalue weighted by atomic mass is 9.99. The summed E-state index contributed by atoms with van der Waals surface area (Å²) < 4.78 is 0. The average Bonchev–Trinajstić information content (AvgIpc) is 3.01. The van der Waals surface area contributed by atoms with Gasteiger partial charge in [-0.1, -0.05) is 30.3 Å². The summed E-state index contributed by atoms with van der Waals surface area (Å²) in [6.07, 6.45) is 3.53. The largest absolute Gasteiger partial charge is 0.334 e. The summed E-state index contributed by atoms with van der Waals surface area (Å²) in [6, 6.07) is 14.6. The van der Waals surface area contributed by atoms with E-state index in [0.29, 0.717) is 42.7 Å². The first-order valence-electron chi connectivity index (χ1n) is 10.2. The van der Waals surface area contributed by atoms with Crippen LogP contribution in [-0.2, 0) is 6.42 Å². The molecule has 6 nitrogen and oxygen atoms in total. The Morgan fingerprint density at radius 3 is 2.47 bits per heavy atom. The summed E-state index contributed by atoms with van der Waals surface area (Å²) >= 11 is 0. The molecule has 4 rings (SSSR count). The van der Waals surface area contributed by atoms with Crippen molar-refractivity contribution in [1.29, 1.82) is 0 Å². The molecule has 0 saturated carbocycles. The number of fused-ring (bicyclic) bond motifs is 1. The molecule has 2 aliphatic rings. The minimum Gasteiger partial charge on any atom is -0.334 e. The molecule has 3 amide bonds. The van der Waals surface area contributed by atoms with Crippen molar-refractivity contribution in [3.05, 3.63) is 70.8 Å². The zero-order valence-corrected chi connectivity index (χ0v) is 17.6. The van der Waals surface area contributed by atoms with Gasteiger partial charge in [-0.3, -0.25) is 19.3 Å². The lowest BCUT2D eigenvalue weighted by Gasteiger charge is -2.35. The highest BCUT2D eigenvalue weighted by Crippen LogP contribution is 2.26. The minimum absolute atomic E-state index is 0. The molecular weight excluding hydrogens is 402 g/mol. The molecule has 1 atom stereocenters. The maximum absolute atomic E-state index is 13.0. The maximum Gasteiger partial charge on any atom is 0.261 e. The first-order valence-corrected chi connectivity index (χ1v) is 10.2. The third kappa shape index (κ3) is 4.11. The molecule has 30 heavy (non-hydrogen) atoms. The van der Waals surface area contributed by atoms with Crippen LogP contribution in [-0.4, -0.2) is 53.2 Å². The van der Waals surface area contributed by atoms with E-state index >= 15 is 0 Å². The number of nitrogens with zero attached hydrogens (tertiary/aromatic N) is 2. The SMILES string of the molecule is Cl.NCC1CCCCN1C(=O)c1ccc2c(c1)C(=O)N(CCc1ccccc1)C2=O. The van der Waals surface area contributed by atoms with Gasteiger partial charge in [0.05, 0.1) is 11.1 Å². The summed E-state index contributed by atoms with van der Waals surface area (Å²) in [4.78, 5) is 41.7. The second kappa shape index (κ2) is 9.41. The van der Waals surface area contributed by atoms with Crippen molar-refractivity contribution < 1.29 is 14.4 Å². The van der Waals surface area contributed by atoms with Crippen molar-refractivity contribution >= 4 is 30.1 Å². The molecule has 2 heterocycles. The van der Waals surface area contributed by atoms with E-state index in [1.807, 2.05) is 30.3 Å². The topological polar surface area (TPSA) is 83.7 Å².